The zero-order valence-corrected chi connectivity index (χ0v) is 17.7. The fraction of sp³-hybridized carbons (Fsp3) is 0.200. The number of ether oxygens (including phenoxy) is 1. The summed E-state index contributed by atoms with van der Waals surface area (Å²) in [5.74, 6) is -0.537. The largest absolute Gasteiger partial charge is 0.494 e. The molecule has 29 heavy (non-hydrogen) atoms. The van der Waals surface area contributed by atoms with Gasteiger partial charge in [0.2, 0.25) is 0 Å². The van der Waals surface area contributed by atoms with Gasteiger partial charge in [0, 0.05) is 11.8 Å². The SMILES string of the molecule is CCOc1ccc(-c2nc(C)c(C(=O)Nc3cc(S(C)(=O)=O)ccc3F)s2)cc1. The lowest BCUT2D eigenvalue weighted by Gasteiger charge is -2.07. The number of nitrogens with zero attached hydrogens (tertiary/aromatic N) is 1. The summed E-state index contributed by atoms with van der Waals surface area (Å²) in [5.41, 5.74) is 1.12. The molecule has 0 bridgehead atoms. The second-order valence-corrected chi connectivity index (χ2v) is 9.27. The minimum atomic E-state index is -3.53. The van der Waals surface area contributed by atoms with Crippen LogP contribution in [0.15, 0.2) is 47.4 Å². The van der Waals surface area contributed by atoms with E-state index in [1.54, 1.807) is 6.92 Å². The standard InChI is InChI=1S/C20H19FN2O4S2/c1-4-27-14-7-5-13(6-8-14)20-22-12(2)18(28-20)19(24)23-17-11-15(29(3,25)26)9-10-16(17)21/h5-11H,4H2,1-3H3,(H,23,24). The molecule has 6 nitrogen and oxygen atoms in total. The second-order valence-electron chi connectivity index (χ2n) is 6.26. The van der Waals surface area contributed by atoms with Crippen molar-refractivity contribution in [2.45, 2.75) is 18.7 Å². The molecule has 0 spiro atoms. The lowest BCUT2D eigenvalue weighted by atomic mass is 10.2. The Bertz CT molecular complexity index is 1160. The number of sulfone groups is 1. The molecule has 1 amide bonds. The quantitative estimate of drug-likeness (QED) is 0.584. The molecule has 2 aromatic carbocycles. The highest BCUT2D eigenvalue weighted by Crippen LogP contribution is 2.30. The maximum absolute atomic E-state index is 14.1. The van der Waals surface area contributed by atoms with Crippen LogP contribution in [0, 0.1) is 12.7 Å². The van der Waals surface area contributed by atoms with Gasteiger partial charge in [-0.15, -0.1) is 11.3 Å². The summed E-state index contributed by atoms with van der Waals surface area (Å²) in [6.07, 6.45) is 1.02. The fourth-order valence-electron chi connectivity index (χ4n) is 2.60. The molecular weight excluding hydrogens is 415 g/mol. The van der Waals surface area contributed by atoms with Crippen molar-refractivity contribution in [3.05, 3.63) is 58.9 Å². The Labute approximate surface area is 172 Å². The van der Waals surface area contributed by atoms with Gasteiger partial charge >= 0.3 is 0 Å². The van der Waals surface area contributed by atoms with Crippen LogP contribution in [0.3, 0.4) is 0 Å². The number of hydrogen-bond donors (Lipinski definition) is 1. The van der Waals surface area contributed by atoms with Gasteiger partial charge in [0.15, 0.2) is 9.84 Å². The molecule has 1 aromatic heterocycles. The number of nitrogens with one attached hydrogen (secondary N) is 1. The lowest BCUT2D eigenvalue weighted by molar-refractivity contribution is 0.102. The molecule has 152 valence electrons. The van der Waals surface area contributed by atoms with E-state index in [1.165, 1.54) is 11.3 Å². The molecule has 0 aliphatic carbocycles. The third kappa shape index (κ3) is 4.80. The average molecular weight is 435 g/mol. The van der Waals surface area contributed by atoms with Crippen LogP contribution in [-0.2, 0) is 9.84 Å². The third-order valence-electron chi connectivity index (χ3n) is 4.03. The summed E-state index contributed by atoms with van der Waals surface area (Å²) in [7, 11) is -3.53. The van der Waals surface area contributed by atoms with Gasteiger partial charge in [-0.3, -0.25) is 4.79 Å². The van der Waals surface area contributed by atoms with Crippen LogP contribution in [0.1, 0.15) is 22.3 Å². The van der Waals surface area contributed by atoms with Gasteiger partial charge < -0.3 is 10.1 Å². The smallest absolute Gasteiger partial charge is 0.267 e. The predicted octanol–water partition coefficient (Wildman–Crippen LogP) is 4.31. The summed E-state index contributed by atoms with van der Waals surface area (Å²) in [5, 5.41) is 3.08. The average Bonchev–Trinajstić information content (AvgIpc) is 3.05. The van der Waals surface area contributed by atoms with Crippen molar-refractivity contribution in [2.24, 2.45) is 0 Å². The first-order valence-corrected chi connectivity index (χ1v) is 11.4. The van der Waals surface area contributed by atoms with Crippen LogP contribution in [0.5, 0.6) is 5.75 Å². The van der Waals surface area contributed by atoms with Crippen LogP contribution >= 0.6 is 11.3 Å². The van der Waals surface area contributed by atoms with E-state index in [1.807, 2.05) is 31.2 Å². The third-order valence-corrected chi connectivity index (χ3v) is 6.34. The number of rotatable bonds is 6. The number of aryl methyl sites for hydroxylation is 1. The van der Waals surface area contributed by atoms with Gasteiger partial charge in [0.05, 0.1) is 22.9 Å². The number of benzene rings is 2. The molecule has 9 heteroatoms. The van der Waals surface area contributed by atoms with Gasteiger partial charge in [0.1, 0.15) is 21.5 Å². The van der Waals surface area contributed by atoms with Gasteiger partial charge in [-0.1, -0.05) is 0 Å². The molecule has 0 saturated carbocycles. The van der Waals surface area contributed by atoms with Crippen molar-refractivity contribution in [3.63, 3.8) is 0 Å². The molecular formula is C20H19FN2O4S2. The summed E-state index contributed by atoms with van der Waals surface area (Å²) in [4.78, 5) is 17.3. The van der Waals surface area contributed by atoms with E-state index in [9.17, 15) is 17.6 Å². The van der Waals surface area contributed by atoms with Crippen LogP contribution < -0.4 is 10.1 Å². The number of carbonyl (C=O) groups excluding carboxylic acids is 1. The van der Waals surface area contributed by atoms with Gasteiger partial charge in [-0.25, -0.2) is 17.8 Å². The van der Waals surface area contributed by atoms with Gasteiger partial charge in [0.25, 0.3) is 5.91 Å². The number of halogens is 1. The van der Waals surface area contributed by atoms with Crippen LogP contribution in [0.25, 0.3) is 10.6 Å². The molecule has 1 heterocycles. The Morgan fingerprint density at radius 3 is 2.52 bits per heavy atom. The number of carbonyl (C=O) groups is 1. The van der Waals surface area contributed by atoms with E-state index in [0.717, 1.165) is 35.8 Å². The Morgan fingerprint density at radius 2 is 1.90 bits per heavy atom. The van der Waals surface area contributed by atoms with E-state index < -0.39 is 21.6 Å². The fourth-order valence-corrected chi connectivity index (χ4v) is 4.21. The maximum atomic E-state index is 14.1. The summed E-state index contributed by atoms with van der Waals surface area (Å²) in [6, 6.07) is 10.6. The Morgan fingerprint density at radius 1 is 1.21 bits per heavy atom. The molecule has 0 fully saturated rings. The van der Waals surface area contributed by atoms with E-state index in [-0.39, 0.29) is 10.6 Å². The van der Waals surface area contributed by atoms with Crippen LogP contribution in [0.4, 0.5) is 10.1 Å². The first kappa shape index (κ1) is 20.9. The first-order valence-electron chi connectivity index (χ1n) is 8.70. The molecule has 0 unspecified atom stereocenters. The minimum Gasteiger partial charge on any atom is -0.494 e. The Kier molecular flexibility index (Phi) is 5.99. The van der Waals surface area contributed by atoms with Crippen LogP contribution in [0.2, 0.25) is 0 Å². The highest BCUT2D eigenvalue weighted by atomic mass is 32.2. The van der Waals surface area contributed by atoms with Crippen molar-refractivity contribution < 1.29 is 22.3 Å². The summed E-state index contributed by atoms with van der Waals surface area (Å²) >= 11 is 1.17. The lowest BCUT2D eigenvalue weighted by Crippen LogP contribution is -2.13. The van der Waals surface area contributed by atoms with E-state index in [2.05, 4.69) is 10.3 Å². The normalized spacial score (nSPS) is 11.3. The zero-order chi connectivity index (χ0) is 21.2. The van der Waals surface area contributed by atoms with Crippen molar-refractivity contribution in [2.75, 3.05) is 18.2 Å². The molecule has 0 saturated heterocycles. The second kappa shape index (κ2) is 8.30. The number of amides is 1. The van der Waals surface area contributed by atoms with Crippen molar-refractivity contribution in [1.29, 1.82) is 0 Å². The van der Waals surface area contributed by atoms with Gasteiger partial charge in [-0.05, 0) is 56.3 Å². The van der Waals surface area contributed by atoms with Gasteiger partial charge in [-0.2, -0.15) is 0 Å². The molecule has 3 rings (SSSR count). The topological polar surface area (TPSA) is 85.4 Å². The Balaban J connectivity index is 1.86. The number of hydrogen-bond acceptors (Lipinski definition) is 6. The van der Waals surface area contributed by atoms with E-state index in [4.69, 9.17) is 4.74 Å². The molecule has 0 aliphatic rings. The molecule has 0 atom stereocenters. The highest BCUT2D eigenvalue weighted by Gasteiger charge is 2.19. The Hall–Kier alpha value is -2.78. The van der Waals surface area contributed by atoms with Crippen molar-refractivity contribution in [3.8, 4) is 16.3 Å². The number of anilines is 1. The first-order chi connectivity index (χ1) is 13.7. The van der Waals surface area contributed by atoms with E-state index >= 15 is 0 Å². The predicted molar refractivity (Wildman–Crippen MR) is 111 cm³/mol. The summed E-state index contributed by atoms with van der Waals surface area (Å²) in [6.45, 7) is 4.15. The number of aromatic nitrogens is 1. The molecule has 0 radical (unpaired) electrons. The van der Waals surface area contributed by atoms with Crippen LogP contribution in [-0.4, -0.2) is 32.2 Å². The molecule has 3 aromatic rings. The van der Waals surface area contributed by atoms with Crippen molar-refractivity contribution in [1.82, 2.24) is 4.98 Å². The zero-order valence-electron chi connectivity index (χ0n) is 16.0. The monoisotopic (exact) mass is 434 g/mol. The molecule has 0 aliphatic heterocycles. The van der Waals surface area contributed by atoms with E-state index in [0.29, 0.717) is 22.2 Å². The minimum absolute atomic E-state index is 0.0784. The summed E-state index contributed by atoms with van der Waals surface area (Å²) < 4.78 is 42.8. The molecule has 1 N–H and O–H groups in total. The maximum Gasteiger partial charge on any atom is 0.267 e. The van der Waals surface area contributed by atoms with Crippen molar-refractivity contribution >= 4 is 32.8 Å². The highest BCUT2D eigenvalue weighted by molar-refractivity contribution is 7.90. The number of thiazole rings is 1.